The van der Waals surface area contributed by atoms with Crippen molar-refractivity contribution in [3.63, 3.8) is 0 Å². The number of amides is 3. The first-order valence-corrected chi connectivity index (χ1v) is 12.8. The van der Waals surface area contributed by atoms with Gasteiger partial charge in [0.25, 0.3) is 0 Å². The molecule has 1 aliphatic heterocycles. The van der Waals surface area contributed by atoms with Gasteiger partial charge in [-0.1, -0.05) is 32.4 Å². The molecule has 12 heteroatoms. The second kappa shape index (κ2) is 13.0. The maximum Gasteiger partial charge on any atom is 0.326 e. The number of carbonyl (C=O) groups is 4. The van der Waals surface area contributed by atoms with Gasteiger partial charge in [0.2, 0.25) is 17.7 Å². The molecule has 0 spiro atoms. The first kappa shape index (κ1) is 28.6. The number of phenolic OH excluding ortho intramolecular Hbond substituents is 1. The van der Waals surface area contributed by atoms with Crippen molar-refractivity contribution in [3.05, 3.63) is 48.0 Å². The van der Waals surface area contributed by atoms with Gasteiger partial charge < -0.3 is 36.5 Å². The molecule has 0 aliphatic carbocycles. The van der Waals surface area contributed by atoms with E-state index in [0.717, 1.165) is 0 Å². The van der Waals surface area contributed by atoms with E-state index in [9.17, 15) is 29.4 Å². The number of H-pyrrole nitrogens is 1. The second-order valence-corrected chi connectivity index (χ2v) is 9.71. The van der Waals surface area contributed by atoms with E-state index < -0.39 is 47.9 Å². The lowest BCUT2D eigenvalue weighted by Gasteiger charge is -2.30. The molecule has 0 radical (unpaired) electrons. The Morgan fingerprint density at radius 1 is 1.16 bits per heavy atom. The van der Waals surface area contributed by atoms with Crippen molar-refractivity contribution in [1.29, 1.82) is 0 Å². The molecule has 206 valence electrons. The third-order valence-corrected chi connectivity index (χ3v) is 6.98. The van der Waals surface area contributed by atoms with Crippen LogP contribution in [0.1, 0.15) is 44.4 Å². The highest BCUT2D eigenvalue weighted by molar-refractivity contribution is 5.94. The monoisotopic (exact) mass is 528 g/mol. The number of carbonyl (C=O) groups excluding carboxylic acids is 3. The van der Waals surface area contributed by atoms with Crippen LogP contribution in [0, 0.1) is 5.92 Å². The summed E-state index contributed by atoms with van der Waals surface area (Å²) in [5.41, 5.74) is 7.35. The van der Waals surface area contributed by atoms with Crippen LogP contribution in [-0.2, 0) is 32.0 Å². The van der Waals surface area contributed by atoms with Gasteiger partial charge in [-0.05, 0) is 36.5 Å². The number of aromatic nitrogens is 2. The van der Waals surface area contributed by atoms with Gasteiger partial charge in [0.15, 0.2) is 0 Å². The molecule has 3 amide bonds. The molecule has 5 unspecified atom stereocenters. The molecule has 1 aromatic carbocycles. The van der Waals surface area contributed by atoms with Crippen LogP contribution in [0.5, 0.6) is 5.75 Å². The number of benzene rings is 1. The summed E-state index contributed by atoms with van der Waals surface area (Å²) >= 11 is 0. The number of hydrogen-bond donors (Lipinski definition) is 6. The van der Waals surface area contributed by atoms with Crippen LogP contribution in [0.3, 0.4) is 0 Å². The number of phenols is 1. The number of rotatable bonds is 12. The molecule has 2 heterocycles. The highest BCUT2D eigenvalue weighted by Crippen LogP contribution is 2.21. The van der Waals surface area contributed by atoms with E-state index in [1.54, 1.807) is 12.1 Å². The minimum Gasteiger partial charge on any atom is -0.508 e. The van der Waals surface area contributed by atoms with Crippen molar-refractivity contribution >= 4 is 23.7 Å². The fraction of sp³-hybridized carbons (Fsp3) is 0.500. The standard InChI is InChI=1S/C26H36N6O6/c1-3-15(2)22(27)24(35)30-19(11-16-6-8-18(33)9-7-16)25(36)32-10-4-5-21(32)23(34)31-20(26(37)38)12-17-13-28-14-29-17/h6-9,13-15,19-22,33H,3-5,10-12,27H2,1-2H3,(H,28,29)(H,30,35)(H,31,34)(H,37,38). The Bertz CT molecular complexity index is 1110. The van der Waals surface area contributed by atoms with E-state index in [-0.39, 0.29) is 31.1 Å². The van der Waals surface area contributed by atoms with E-state index in [0.29, 0.717) is 30.5 Å². The smallest absolute Gasteiger partial charge is 0.326 e. The molecule has 1 saturated heterocycles. The molecule has 0 bridgehead atoms. The first-order chi connectivity index (χ1) is 18.1. The maximum atomic E-state index is 13.7. The molecule has 1 aromatic heterocycles. The molecule has 3 rings (SSSR count). The fourth-order valence-electron chi connectivity index (χ4n) is 4.44. The Morgan fingerprint density at radius 2 is 1.87 bits per heavy atom. The third kappa shape index (κ3) is 7.31. The minimum atomic E-state index is -1.21. The Hall–Kier alpha value is -3.93. The van der Waals surface area contributed by atoms with Crippen LogP contribution in [0.15, 0.2) is 36.8 Å². The number of carboxylic acids is 1. The fourth-order valence-corrected chi connectivity index (χ4v) is 4.44. The van der Waals surface area contributed by atoms with Gasteiger partial charge in [0.1, 0.15) is 23.9 Å². The van der Waals surface area contributed by atoms with Crippen molar-refractivity contribution in [2.24, 2.45) is 11.7 Å². The predicted molar refractivity (Wildman–Crippen MR) is 138 cm³/mol. The van der Waals surface area contributed by atoms with Crippen molar-refractivity contribution in [2.45, 2.75) is 70.1 Å². The van der Waals surface area contributed by atoms with E-state index in [1.807, 2.05) is 13.8 Å². The van der Waals surface area contributed by atoms with E-state index in [4.69, 9.17) is 5.73 Å². The van der Waals surface area contributed by atoms with Gasteiger partial charge in [-0.2, -0.15) is 0 Å². The predicted octanol–water partition coefficient (Wildman–Crippen LogP) is 0.319. The van der Waals surface area contributed by atoms with Crippen LogP contribution >= 0.6 is 0 Å². The first-order valence-electron chi connectivity index (χ1n) is 12.8. The Kier molecular flexibility index (Phi) is 9.83. The molecule has 2 aromatic rings. The average Bonchev–Trinajstić information content (AvgIpc) is 3.60. The van der Waals surface area contributed by atoms with Gasteiger partial charge in [-0.25, -0.2) is 9.78 Å². The lowest BCUT2D eigenvalue weighted by molar-refractivity contribution is -0.145. The molecular formula is C26H36N6O6. The summed E-state index contributed by atoms with van der Waals surface area (Å²) < 4.78 is 0. The molecular weight excluding hydrogens is 492 g/mol. The lowest BCUT2D eigenvalue weighted by atomic mass is 9.98. The normalized spacial score (nSPS) is 18.3. The summed E-state index contributed by atoms with van der Waals surface area (Å²) in [7, 11) is 0. The van der Waals surface area contributed by atoms with Gasteiger partial charge in [0, 0.05) is 31.3 Å². The maximum absolute atomic E-state index is 13.7. The molecule has 7 N–H and O–H groups in total. The van der Waals surface area contributed by atoms with Gasteiger partial charge in [-0.3, -0.25) is 14.4 Å². The summed E-state index contributed by atoms with van der Waals surface area (Å²) in [6, 6.07) is 2.37. The number of carboxylic acid groups (broad SMARTS) is 1. The summed E-state index contributed by atoms with van der Waals surface area (Å²) in [6.07, 6.45) is 4.63. The topological polar surface area (TPSA) is 191 Å². The number of aliphatic carboxylic acids is 1. The largest absolute Gasteiger partial charge is 0.508 e. The zero-order valence-corrected chi connectivity index (χ0v) is 21.6. The number of nitrogens with two attached hydrogens (primary N) is 1. The molecule has 0 saturated carbocycles. The van der Waals surface area contributed by atoms with E-state index in [1.165, 1.54) is 29.6 Å². The summed E-state index contributed by atoms with van der Waals surface area (Å²) in [6.45, 7) is 4.06. The molecule has 1 aliphatic rings. The number of nitrogens with zero attached hydrogens (tertiary/aromatic N) is 2. The SMILES string of the molecule is CCC(C)C(N)C(=O)NC(Cc1ccc(O)cc1)C(=O)N1CCCC1C(=O)NC(Cc1cnc[nH]1)C(=O)O. The van der Waals surface area contributed by atoms with Gasteiger partial charge >= 0.3 is 5.97 Å². The number of nitrogens with one attached hydrogen (secondary N) is 3. The minimum absolute atomic E-state index is 0.00871. The van der Waals surface area contributed by atoms with Crippen LogP contribution < -0.4 is 16.4 Å². The summed E-state index contributed by atoms with van der Waals surface area (Å²) in [4.78, 5) is 59.6. The van der Waals surface area contributed by atoms with Crippen molar-refractivity contribution < 1.29 is 29.4 Å². The van der Waals surface area contributed by atoms with Crippen molar-refractivity contribution in [2.75, 3.05) is 6.54 Å². The quantitative estimate of drug-likeness (QED) is 0.227. The summed E-state index contributed by atoms with van der Waals surface area (Å²) in [5, 5.41) is 24.5. The Labute approximate surface area is 221 Å². The zero-order chi connectivity index (χ0) is 27.8. The van der Waals surface area contributed by atoms with Crippen LogP contribution in [0.4, 0.5) is 0 Å². The Balaban J connectivity index is 1.77. The molecule has 1 fully saturated rings. The van der Waals surface area contributed by atoms with Crippen LogP contribution in [0.2, 0.25) is 0 Å². The number of hydrogen-bond acceptors (Lipinski definition) is 7. The zero-order valence-electron chi connectivity index (χ0n) is 21.6. The molecule has 38 heavy (non-hydrogen) atoms. The average molecular weight is 529 g/mol. The van der Waals surface area contributed by atoms with Gasteiger partial charge in [-0.15, -0.1) is 0 Å². The van der Waals surface area contributed by atoms with E-state index >= 15 is 0 Å². The molecule has 12 nitrogen and oxygen atoms in total. The number of aromatic hydroxyl groups is 1. The third-order valence-electron chi connectivity index (χ3n) is 6.98. The highest BCUT2D eigenvalue weighted by atomic mass is 16.4. The summed E-state index contributed by atoms with van der Waals surface area (Å²) in [5.74, 6) is -2.75. The van der Waals surface area contributed by atoms with Crippen molar-refractivity contribution in [1.82, 2.24) is 25.5 Å². The van der Waals surface area contributed by atoms with Crippen LogP contribution in [0.25, 0.3) is 0 Å². The van der Waals surface area contributed by atoms with Crippen LogP contribution in [-0.4, -0.2) is 79.5 Å². The lowest BCUT2D eigenvalue weighted by Crippen LogP contribution is -2.58. The number of likely N-dealkylation sites (tertiary alicyclic amines) is 1. The van der Waals surface area contributed by atoms with E-state index in [2.05, 4.69) is 20.6 Å². The number of imidazole rings is 1. The van der Waals surface area contributed by atoms with Gasteiger partial charge in [0.05, 0.1) is 12.4 Å². The van der Waals surface area contributed by atoms with Crippen molar-refractivity contribution in [3.8, 4) is 5.75 Å². The second-order valence-electron chi connectivity index (χ2n) is 9.71. The highest BCUT2D eigenvalue weighted by Gasteiger charge is 2.39. The molecule has 5 atom stereocenters. The Morgan fingerprint density at radius 3 is 2.47 bits per heavy atom. The number of aromatic amines is 1.